The number of aryl methyl sites for hydroxylation is 2. The molecule has 0 aliphatic carbocycles. The second kappa shape index (κ2) is 6.98. The van der Waals surface area contributed by atoms with Gasteiger partial charge in [-0.15, -0.1) is 0 Å². The number of imidazole rings is 1. The highest BCUT2D eigenvalue weighted by molar-refractivity contribution is 6.02. The van der Waals surface area contributed by atoms with Gasteiger partial charge in [-0.1, -0.05) is 30.3 Å². The number of hydrogen-bond acceptors (Lipinski definition) is 2. The van der Waals surface area contributed by atoms with E-state index < -0.39 is 46.2 Å². The Morgan fingerprint density at radius 3 is 2.07 bits per heavy atom. The topological polar surface area (TPSA) is 55.1 Å². The molecule has 0 saturated carbocycles. The van der Waals surface area contributed by atoms with Crippen molar-refractivity contribution in [2.24, 2.45) is 7.05 Å². The van der Waals surface area contributed by atoms with Gasteiger partial charge in [-0.2, -0.15) is 0 Å². The number of rotatable bonds is 3. The van der Waals surface area contributed by atoms with Crippen molar-refractivity contribution in [1.29, 1.82) is 0 Å². The molecule has 0 saturated heterocycles. The lowest BCUT2D eigenvalue weighted by molar-refractivity contribution is 0.0698. The van der Waals surface area contributed by atoms with E-state index in [1.165, 1.54) is 43.4 Å². The van der Waals surface area contributed by atoms with Crippen LogP contribution in [0.5, 0.6) is 0 Å². The van der Waals surface area contributed by atoms with Gasteiger partial charge >= 0.3 is 5.97 Å². The molecule has 0 bridgehead atoms. The Kier molecular flexibility index (Phi) is 4.57. The molecule has 152 valence electrons. The van der Waals surface area contributed by atoms with Crippen molar-refractivity contribution in [1.82, 2.24) is 9.55 Å². The Hall–Kier alpha value is -3.68. The first-order valence-electron chi connectivity index (χ1n) is 8.84. The number of hydrogen-bond donors (Lipinski definition) is 1. The summed E-state index contributed by atoms with van der Waals surface area (Å²) < 4.78 is 60.7. The minimum atomic E-state index is -1.61. The summed E-state index contributed by atoms with van der Waals surface area (Å²) in [6.07, 6.45) is 0. The van der Waals surface area contributed by atoms with Crippen LogP contribution in [0.2, 0.25) is 0 Å². The van der Waals surface area contributed by atoms with Gasteiger partial charge in [0, 0.05) is 7.05 Å². The number of halogens is 4. The second-order valence-corrected chi connectivity index (χ2v) is 6.85. The fourth-order valence-electron chi connectivity index (χ4n) is 3.57. The van der Waals surface area contributed by atoms with E-state index in [0.717, 1.165) is 4.57 Å². The molecular formula is C22H14F4N2O2. The Balaban J connectivity index is 2.05. The zero-order chi connectivity index (χ0) is 21.7. The Labute approximate surface area is 168 Å². The summed E-state index contributed by atoms with van der Waals surface area (Å²) >= 11 is 0. The minimum absolute atomic E-state index is 0.0226. The zero-order valence-corrected chi connectivity index (χ0v) is 15.8. The van der Waals surface area contributed by atoms with Gasteiger partial charge in [0.05, 0.1) is 27.7 Å². The van der Waals surface area contributed by atoms with Gasteiger partial charge in [0.1, 0.15) is 5.82 Å². The molecule has 1 heterocycles. The Bertz CT molecular complexity index is 1300. The Morgan fingerprint density at radius 2 is 1.50 bits per heavy atom. The predicted octanol–water partition coefficient (Wildman–Crippen LogP) is 5.47. The molecule has 0 aliphatic rings. The van der Waals surface area contributed by atoms with Crippen molar-refractivity contribution < 1.29 is 27.5 Å². The summed E-state index contributed by atoms with van der Waals surface area (Å²) in [5.41, 5.74) is -1.22. The van der Waals surface area contributed by atoms with E-state index >= 15 is 0 Å². The molecule has 0 atom stereocenters. The SMILES string of the molecule is Cc1cc(C(=O)O)c2c(c1)nc(-c1c(F)c(F)c(-c3ccccc3)c(F)c1F)n2C. The van der Waals surface area contributed by atoms with Gasteiger partial charge in [-0.05, 0) is 30.2 Å². The average molecular weight is 414 g/mol. The van der Waals surface area contributed by atoms with Crippen LogP contribution in [0, 0.1) is 30.2 Å². The van der Waals surface area contributed by atoms with Gasteiger partial charge in [-0.3, -0.25) is 0 Å². The molecule has 4 rings (SSSR count). The summed E-state index contributed by atoms with van der Waals surface area (Å²) in [5, 5.41) is 9.46. The maximum Gasteiger partial charge on any atom is 0.337 e. The summed E-state index contributed by atoms with van der Waals surface area (Å²) in [7, 11) is 1.33. The normalized spacial score (nSPS) is 11.3. The highest BCUT2D eigenvalue weighted by atomic mass is 19.2. The molecule has 0 aliphatic heterocycles. The van der Waals surface area contributed by atoms with E-state index in [4.69, 9.17) is 0 Å². The molecule has 0 radical (unpaired) electrons. The fraction of sp³-hybridized carbons (Fsp3) is 0.0909. The Morgan fingerprint density at radius 1 is 0.933 bits per heavy atom. The largest absolute Gasteiger partial charge is 0.478 e. The van der Waals surface area contributed by atoms with Crippen LogP contribution in [0.3, 0.4) is 0 Å². The zero-order valence-electron chi connectivity index (χ0n) is 15.8. The number of aromatic nitrogens is 2. The molecule has 8 heteroatoms. The summed E-state index contributed by atoms with van der Waals surface area (Å²) in [5.74, 6) is -8.03. The van der Waals surface area contributed by atoms with Crippen molar-refractivity contribution in [3.8, 4) is 22.5 Å². The van der Waals surface area contributed by atoms with Crippen molar-refractivity contribution in [2.75, 3.05) is 0 Å². The van der Waals surface area contributed by atoms with E-state index in [1.54, 1.807) is 13.0 Å². The van der Waals surface area contributed by atoms with Crippen molar-refractivity contribution in [2.45, 2.75) is 6.92 Å². The van der Waals surface area contributed by atoms with Crippen LogP contribution in [-0.4, -0.2) is 20.6 Å². The maximum atomic E-state index is 15.0. The molecule has 3 aromatic carbocycles. The molecule has 0 amide bonds. The molecule has 1 N–H and O–H groups in total. The van der Waals surface area contributed by atoms with Gasteiger partial charge in [0.2, 0.25) is 0 Å². The number of carbonyl (C=O) groups is 1. The number of nitrogens with zero attached hydrogens (tertiary/aromatic N) is 2. The number of carboxylic acid groups (broad SMARTS) is 1. The van der Waals surface area contributed by atoms with Crippen LogP contribution < -0.4 is 0 Å². The molecule has 0 fully saturated rings. The summed E-state index contributed by atoms with van der Waals surface area (Å²) in [4.78, 5) is 15.7. The predicted molar refractivity (Wildman–Crippen MR) is 103 cm³/mol. The summed E-state index contributed by atoms with van der Waals surface area (Å²) in [6.45, 7) is 1.63. The van der Waals surface area contributed by atoms with Crippen molar-refractivity contribution in [3.05, 3.63) is 76.9 Å². The third-order valence-corrected chi connectivity index (χ3v) is 4.89. The molecule has 30 heavy (non-hydrogen) atoms. The van der Waals surface area contributed by atoms with Crippen LogP contribution in [0.1, 0.15) is 15.9 Å². The number of fused-ring (bicyclic) bond motifs is 1. The highest BCUT2D eigenvalue weighted by Gasteiger charge is 2.30. The van der Waals surface area contributed by atoms with Gasteiger partial charge < -0.3 is 9.67 Å². The third-order valence-electron chi connectivity index (χ3n) is 4.89. The van der Waals surface area contributed by atoms with Crippen LogP contribution >= 0.6 is 0 Å². The average Bonchev–Trinajstić information content (AvgIpc) is 3.03. The van der Waals surface area contributed by atoms with Crippen LogP contribution in [0.15, 0.2) is 42.5 Å². The maximum absolute atomic E-state index is 15.0. The molecule has 0 unspecified atom stereocenters. The van der Waals surface area contributed by atoms with E-state index in [-0.39, 0.29) is 22.2 Å². The van der Waals surface area contributed by atoms with Crippen molar-refractivity contribution >= 4 is 17.0 Å². The van der Waals surface area contributed by atoms with E-state index in [2.05, 4.69) is 4.98 Å². The lowest BCUT2D eigenvalue weighted by Gasteiger charge is -2.12. The van der Waals surface area contributed by atoms with E-state index in [9.17, 15) is 27.5 Å². The molecule has 4 nitrogen and oxygen atoms in total. The smallest absolute Gasteiger partial charge is 0.337 e. The lowest BCUT2D eigenvalue weighted by atomic mass is 10.0. The molecule has 1 aromatic heterocycles. The molecule has 0 spiro atoms. The first-order valence-corrected chi connectivity index (χ1v) is 8.84. The van der Waals surface area contributed by atoms with E-state index in [0.29, 0.717) is 5.56 Å². The quantitative estimate of drug-likeness (QED) is 0.357. The number of benzene rings is 3. The molecule has 4 aromatic rings. The second-order valence-electron chi connectivity index (χ2n) is 6.85. The number of aromatic carboxylic acids is 1. The third kappa shape index (κ3) is 2.83. The van der Waals surface area contributed by atoms with Gasteiger partial charge in [0.15, 0.2) is 23.3 Å². The highest BCUT2D eigenvalue weighted by Crippen LogP contribution is 2.37. The first kappa shape index (κ1) is 19.6. The van der Waals surface area contributed by atoms with Crippen LogP contribution in [0.25, 0.3) is 33.5 Å². The van der Waals surface area contributed by atoms with Gasteiger partial charge in [0.25, 0.3) is 0 Å². The van der Waals surface area contributed by atoms with Gasteiger partial charge in [-0.25, -0.2) is 27.3 Å². The number of carboxylic acids is 1. The van der Waals surface area contributed by atoms with Crippen LogP contribution in [0.4, 0.5) is 17.6 Å². The minimum Gasteiger partial charge on any atom is -0.478 e. The van der Waals surface area contributed by atoms with Crippen LogP contribution in [-0.2, 0) is 7.05 Å². The lowest BCUT2D eigenvalue weighted by Crippen LogP contribution is -2.07. The molecular weight excluding hydrogens is 400 g/mol. The first-order chi connectivity index (χ1) is 14.2. The fourth-order valence-corrected chi connectivity index (χ4v) is 3.57. The standard InChI is InChI=1S/C22H14F4N2O2/c1-10-8-12(22(29)30)20-13(9-10)27-21(28(20)2)15-18(25)16(23)14(17(24)19(15)26)11-6-4-3-5-7-11/h3-9H,1-2H3,(H,29,30). The monoisotopic (exact) mass is 414 g/mol. The summed E-state index contributed by atoms with van der Waals surface area (Å²) in [6, 6.07) is 10.1. The van der Waals surface area contributed by atoms with Crippen molar-refractivity contribution in [3.63, 3.8) is 0 Å². The van der Waals surface area contributed by atoms with E-state index in [1.807, 2.05) is 0 Å².